The molecule has 1 rings (SSSR count). The number of carbonyl (C=O) groups excluding carboxylic acids is 1. The Labute approximate surface area is 93.3 Å². The fourth-order valence-electron chi connectivity index (χ4n) is 0.922. The lowest BCUT2D eigenvalue weighted by atomic mass is 10.1. The van der Waals surface area contributed by atoms with Gasteiger partial charge in [-0.05, 0) is 21.3 Å². The Morgan fingerprint density at radius 3 is 2.64 bits per heavy atom. The summed E-state index contributed by atoms with van der Waals surface area (Å²) in [6, 6.07) is 0. The molecule has 78 valence electrons. The van der Waals surface area contributed by atoms with Crippen LogP contribution in [0.3, 0.4) is 0 Å². The molecular formula is C8H9BrO4S. The standard InChI is InChI=1S/C8H9BrO4S/c1-13-8(12)7(11)6(10)4-2-14-3-5(4)9/h2-3,6-7,10-11H,1H3. The Kier molecular flexibility index (Phi) is 4.06. The largest absolute Gasteiger partial charge is 0.467 e. The SMILES string of the molecule is COC(=O)C(O)C(O)c1cscc1Br. The number of aliphatic hydroxyl groups excluding tert-OH is 2. The lowest BCUT2D eigenvalue weighted by molar-refractivity contribution is -0.156. The maximum atomic E-state index is 10.9. The molecule has 0 spiro atoms. The second kappa shape index (κ2) is 4.88. The van der Waals surface area contributed by atoms with E-state index in [0.29, 0.717) is 10.0 Å². The van der Waals surface area contributed by atoms with Crippen LogP contribution in [0.4, 0.5) is 0 Å². The molecule has 2 N–H and O–H groups in total. The van der Waals surface area contributed by atoms with Gasteiger partial charge in [0.2, 0.25) is 0 Å². The van der Waals surface area contributed by atoms with Crippen LogP contribution < -0.4 is 0 Å². The molecule has 0 amide bonds. The van der Waals surface area contributed by atoms with Crippen LogP contribution in [0.1, 0.15) is 11.7 Å². The minimum absolute atomic E-state index is 0.480. The quantitative estimate of drug-likeness (QED) is 0.814. The maximum Gasteiger partial charge on any atom is 0.337 e. The highest BCUT2D eigenvalue weighted by Crippen LogP contribution is 2.29. The first-order valence-electron chi connectivity index (χ1n) is 3.73. The van der Waals surface area contributed by atoms with Crippen LogP contribution in [0, 0.1) is 0 Å². The van der Waals surface area contributed by atoms with Crippen molar-refractivity contribution < 1.29 is 19.7 Å². The van der Waals surface area contributed by atoms with E-state index in [9.17, 15) is 15.0 Å². The van der Waals surface area contributed by atoms with E-state index >= 15 is 0 Å². The average Bonchev–Trinajstić information content (AvgIpc) is 2.61. The predicted molar refractivity (Wildman–Crippen MR) is 55.0 cm³/mol. The first-order chi connectivity index (χ1) is 6.57. The van der Waals surface area contributed by atoms with E-state index in [1.807, 2.05) is 0 Å². The summed E-state index contributed by atoms with van der Waals surface area (Å²) in [4.78, 5) is 10.9. The number of hydrogen-bond donors (Lipinski definition) is 2. The Bertz CT molecular complexity index is 325. The van der Waals surface area contributed by atoms with E-state index in [1.54, 1.807) is 10.8 Å². The van der Waals surface area contributed by atoms with Crippen LogP contribution in [-0.2, 0) is 9.53 Å². The third-order valence-corrected chi connectivity index (χ3v) is 3.45. The summed E-state index contributed by atoms with van der Waals surface area (Å²) >= 11 is 4.55. The summed E-state index contributed by atoms with van der Waals surface area (Å²) in [6.07, 6.45) is -2.81. The maximum absolute atomic E-state index is 10.9. The molecule has 6 heteroatoms. The van der Waals surface area contributed by atoms with Gasteiger partial charge < -0.3 is 14.9 Å². The molecule has 0 aliphatic heterocycles. The smallest absolute Gasteiger partial charge is 0.337 e. The summed E-state index contributed by atoms with van der Waals surface area (Å²) in [7, 11) is 1.15. The van der Waals surface area contributed by atoms with Crippen LogP contribution >= 0.6 is 27.3 Å². The summed E-state index contributed by atoms with van der Waals surface area (Å²) < 4.78 is 4.97. The molecule has 0 aliphatic rings. The number of halogens is 1. The fraction of sp³-hybridized carbons (Fsp3) is 0.375. The van der Waals surface area contributed by atoms with Crippen LogP contribution in [0.15, 0.2) is 15.2 Å². The highest BCUT2D eigenvalue weighted by atomic mass is 79.9. The number of esters is 1. The average molecular weight is 281 g/mol. The predicted octanol–water partition coefficient (Wildman–Crippen LogP) is 1.08. The van der Waals surface area contributed by atoms with Gasteiger partial charge in [-0.3, -0.25) is 0 Å². The number of methoxy groups -OCH3 is 1. The van der Waals surface area contributed by atoms with Crippen molar-refractivity contribution in [1.29, 1.82) is 0 Å². The van der Waals surface area contributed by atoms with Crippen LogP contribution in [0.5, 0.6) is 0 Å². The van der Waals surface area contributed by atoms with E-state index in [1.165, 1.54) is 11.3 Å². The van der Waals surface area contributed by atoms with Crippen molar-refractivity contribution >= 4 is 33.2 Å². The molecule has 2 atom stereocenters. The fourth-order valence-corrected chi connectivity index (χ4v) is 2.48. The zero-order valence-corrected chi connectivity index (χ0v) is 9.71. The summed E-state index contributed by atoms with van der Waals surface area (Å²) in [5, 5.41) is 22.3. The van der Waals surface area contributed by atoms with Gasteiger partial charge in [0.25, 0.3) is 0 Å². The summed E-state index contributed by atoms with van der Waals surface area (Å²) in [5.41, 5.74) is 0.480. The number of ether oxygens (including phenoxy) is 1. The monoisotopic (exact) mass is 280 g/mol. The molecule has 0 aliphatic carbocycles. The first-order valence-corrected chi connectivity index (χ1v) is 5.47. The number of rotatable bonds is 3. The van der Waals surface area contributed by atoms with Gasteiger partial charge in [0.15, 0.2) is 6.10 Å². The van der Waals surface area contributed by atoms with Gasteiger partial charge in [-0.25, -0.2) is 4.79 Å². The van der Waals surface area contributed by atoms with Crippen molar-refractivity contribution in [2.75, 3.05) is 7.11 Å². The lowest BCUT2D eigenvalue weighted by Crippen LogP contribution is -2.28. The Morgan fingerprint density at radius 1 is 1.57 bits per heavy atom. The van der Waals surface area contributed by atoms with Gasteiger partial charge >= 0.3 is 5.97 Å². The minimum atomic E-state index is -1.55. The minimum Gasteiger partial charge on any atom is -0.467 e. The van der Waals surface area contributed by atoms with Crippen molar-refractivity contribution in [1.82, 2.24) is 0 Å². The van der Waals surface area contributed by atoms with Gasteiger partial charge in [-0.1, -0.05) is 0 Å². The van der Waals surface area contributed by atoms with Gasteiger partial charge in [0.05, 0.1) is 7.11 Å². The number of carbonyl (C=O) groups is 1. The van der Waals surface area contributed by atoms with Gasteiger partial charge in [-0.2, -0.15) is 11.3 Å². The topological polar surface area (TPSA) is 66.8 Å². The van der Waals surface area contributed by atoms with Crippen LogP contribution in [0.2, 0.25) is 0 Å². The van der Waals surface area contributed by atoms with E-state index in [4.69, 9.17) is 0 Å². The zero-order chi connectivity index (χ0) is 10.7. The second-order valence-electron chi connectivity index (χ2n) is 2.59. The van der Waals surface area contributed by atoms with Crippen molar-refractivity contribution in [2.45, 2.75) is 12.2 Å². The molecule has 0 aromatic carbocycles. The normalized spacial score (nSPS) is 14.9. The third-order valence-electron chi connectivity index (χ3n) is 1.70. The molecule has 1 heterocycles. The molecule has 4 nitrogen and oxygen atoms in total. The zero-order valence-electron chi connectivity index (χ0n) is 7.31. The van der Waals surface area contributed by atoms with Crippen molar-refractivity contribution in [3.8, 4) is 0 Å². The molecule has 1 aromatic rings. The molecule has 0 bridgehead atoms. The summed E-state index contributed by atoms with van der Waals surface area (Å²) in [5.74, 6) is -0.851. The van der Waals surface area contributed by atoms with Crippen molar-refractivity contribution in [3.05, 3.63) is 20.8 Å². The lowest BCUT2D eigenvalue weighted by Gasteiger charge is -2.14. The third kappa shape index (κ3) is 2.33. The molecule has 2 unspecified atom stereocenters. The van der Waals surface area contributed by atoms with Gasteiger partial charge in [0.1, 0.15) is 6.10 Å². The van der Waals surface area contributed by atoms with E-state index in [-0.39, 0.29) is 0 Å². The highest BCUT2D eigenvalue weighted by Gasteiger charge is 2.28. The molecule has 0 saturated carbocycles. The number of hydrogen-bond acceptors (Lipinski definition) is 5. The molecule has 0 radical (unpaired) electrons. The van der Waals surface area contributed by atoms with Gasteiger partial charge in [-0.15, -0.1) is 0 Å². The molecule has 1 aromatic heterocycles. The molecule has 14 heavy (non-hydrogen) atoms. The van der Waals surface area contributed by atoms with E-state index in [0.717, 1.165) is 7.11 Å². The second-order valence-corrected chi connectivity index (χ2v) is 4.19. The van der Waals surface area contributed by atoms with Crippen molar-refractivity contribution in [2.24, 2.45) is 0 Å². The van der Waals surface area contributed by atoms with Crippen LogP contribution in [-0.4, -0.2) is 29.4 Å². The first kappa shape index (κ1) is 11.6. The number of thiophene rings is 1. The van der Waals surface area contributed by atoms with Gasteiger partial charge in [0, 0.05) is 15.4 Å². The van der Waals surface area contributed by atoms with Crippen molar-refractivity contribution in [3.63, 3.8) is 0 Å². The summed E-state index contributed by atoms with van der Waals surface area (Å²) in [6.45, 7) is 0. The molecule has 0 fully saturated rings. The van der Waals surface area contributed by atoms with E-state index < -0.39 is 18.2 Å². The highest BCUT2D eigenvalue weighted by molar-refractivity contribution is 9.10. The van der Waals surface area contributed by atoms with Crippen LogP contribution in [0.25, 0.3) is 0 Å². The molecular weight excluding hydrogens is 272 g/mol. The number of aliphatic hydroxyl groups is 2. The van der Waals surface area contributed by atoms with E-state index in [2.05, 4.69) is 20.7 Å². The molecule has 0 saturated heterocycles. The Hall–Kier alpha value is -0.430. The Morgan fingerprint density at radius 2 is 2.21 bits per heavy atom. The Balaban J connectivity index is 2.80.